The summed E-state index contributed by atoms with van der Waals surface area (Å²) < 4.78 is 39.3. The van der Waals surface area contributed by atoms with Crippen molar-refractivity contribution in [3.8, 4) is 5.69 Å². The number of benzene rings is 1. The van der Waals surface area contributed by atoms with Crippen molar-refractivity contribution >= 4 is 23.1 Å². The lowest BCUT2D eigenvalue weighted by atomic mass is 10.1. The molecule has 0 fully saturated rings. The SMILES string of the molecule is NC(=O)c1ccn(-c2ccc(C(F)(F)F)cc2C(N)=S)n1. The summed E-state index contributed by atoms with van der Waals surface area (Å²) in [7, 11) is 0. The highest BCUT2D eigenvalue weighted by Crippen LogP contribution is 2.31. The number of carbonyl (C=O) groups excluding carboxylic acids is 1. The average Bonchev–Trinajstić information content (AvgIpc) is 2.86. The number of hydrogen-bond acceptors (Lipinski definition) is 3. The molecule has 2 rings (SSSR count). The molecule has 0 spiro atoms. The molecule has 0 aliphatic carbocycles. The zero-order valence-corrected chi connectivity index (χ0v) is 11.2. The largest absolute Gasteiger partial charge is 0.416 e. The Labute approximate surface area is 122 Å². The minimum atomic E-state index is -4.51. The number of halogens is 3. The predicted octanol–water partition coefficient (Wildman–Crippen LogP) is 1.62. The number of rotatable bonds is 3. The monoisotopic (exact) mass is 314 g/mol. The number of alkyl halides is 3. The molecule has 0 saturated heterocycles. The Morgan fingerprint density at radius 2 is 1.90 bits per heavy atom. The Hall–Kier alpha value is -2.42. The third-order valence-electron chi connectivity index (χ3n) is 2.68. The molecule has 4 N–H and O–H groups in total. The Kier molecular flexibility index (Phi) is 3.69. The highest BCUT2D eigenvalue weighted by molar-refractivity contribution is 7.80. The lowest BCUT2D eigenvalue weighted by Gasteiger charge is -2.12. The van der Waals surface area contributed by atoms with Gasteiger partial charge in [-0.15, -0.1) is 0 Å². The summed E-state index contributed by atoms with van der Waals surface area (Å²) in [6, 6.07) is 4.23. The first-order chi connectivity index (χ1) is 9.70. The molecule has 0 atom stereocenters. The van der Waals surface area contributed by atoms with Crippen LogP contribution in [0, 0.1) is 0 Å². The van der Waals surface area contributed by atoms with E-state index in [0.717, 1.165) is 12.1 Å². The van der Waals surface area contributed by atoms with Crippen LogP contribution in [0.2, 0.25) is 0 Å². The minimum absolute atomic E-state index is 0.000976. The normalized spacial score (nSPS) is 11.4. The molecular weight excluding hydrogens is 305 g/mol. The third kappa shape index (κ3) is 3.02. The number of hydrogen-bond donors (Lipinski definition) is 2. The summed E-state index contributed by atoms with van der Waals surface area (Å²) >= 11 is 4.77. The van der Waals surface area contributed by atoms with Gasteiger partial charge in [-0.25, -0.2) is 4.68 Å². The summed E-state index contributed by atoms with van der Waals surface area (Å²) in [6.07, 6.45) is -3.13. The van der Waals surface area contributed by atoms with E-state index in [1.54, 1.807) is 0 Å². The van der Waals surface area contributed by atoms with Crippen LogP contribution in [0.25, 0.3) is 5.69 Å². The van der Waals surface area contributed by atoms with Crippen LogP contribution in [0.1, 0.15) is 21.6 Å². The second-order valence-corrected chi connectivity index (χ2v) is 4.54. The van der Waals surface area contributed by atoms with Crippen LogP contribution in [0.4, 0.5) is 13.2 Å². The standard InChI is InChI=1S/C12H9F3N4OS/c13-12(14,15)6-1-2-9(7(5-6)11(17)21)19-4-3-8(18-19)10(16)20/h1-5H,(H2,16,20)(H2,17,21). The lowest BCUT2D eigenvalue weighted by molar-refractivity contribution is -0.137. The zero-order valence-electron chi connectivity index (χ0n) is 10.4. The van der Waals surface area contributed by atoms with Gasteiger partial charge in [0.2, 0.25) is 0 Å². The third-order valence-corrected chi connectivity index (χ3v) is 2.90. The molecule has 1 amide bonds. The molecule has 1 aromatic heterocycles. The summed E-state index contributed by atoms with van der Waals surface area (Å²) in [5, 5.41) is 3.86. The molecule has 21 heavy (non-hydrogen) atoms. The van der Waals surface area contributed by atoms with Gasteiger partial charge in [-0.1, -0.05) is 12.2 Å². The maximum atomic E-state index is 12.7. The van der Waals surface area contributed by atoms with Gasteiger partial charge < -0.3 is 11.5 Å². The van der Waals surface area contributed by atoms with Crippen LogP contribution in [0.15, 0.2) is 30.5 Å². The fraction of sp³-hybridized carbons (Fsp3) is 0.0833. The van der Waals surface area contributed by atoms with Crippen LogP contribution >= 0.6 is 12.2 Å². The molecule has 110 valence electrons. The highest BCUT2D eigenvalue weighted by Gasteiger charge is 2.31. The maximum Gasteiger partial charge on any atom is 0.416 e. The summed E-state index contributed by atoms with van der Waals surface area (Å²) in [5.41, 5.74) is 9.85. The van der Waals surface area contributed by atoms with E-state index in [1.807, 2.05) is 0 Å². The van der Waals surface area contributed by atoms with E-state index < -0.39 is 17.6 Å². The van der Waals surface area contributed by atoms with Crippen molar-refractivity contribution in [1.29, 1.82) is 0 Å². The van der Waals surface area contributed by atoms with E-state index in [9.17, 15) is 18.0 Å². The number of nitrogens with two attached hydrogens (primary N) is 2. The first-order valence-corrected chi connectivity index (χ1v) is 5.98. The van der Waals surface area contributed by atoms with Gasteiger partial charge in [0.1, 0.15) is 10.7 Å². The summed E-state index contributed by atoms with van der Waals surface area (Å²) in [4.78, 5) is 10.8. The number of primary amides is 1. The van der Waals surface area contributed by atoms with Gasteiger partial charge in [0.25, 0.3) is 5.91 Å². The van der Waals surface area contributed by atoms with E-state index in [-0.39, 0.29) is 21.9 Å². The average molecular weight is 314 g/mol. The minimum Gasteiger partial charge on any atom is -0.389 e. The fourth-order valence-electron chi connectivity index (χ4n) is 1.70. The van der Waals surface area contributed by atoms with E-state index in [0.29, 0.717) is 0 Å². The Bertz CT molecular complexity index is 724. The van der Waals surface area contributed by atoms with Crippen molar-refractivity contribution < 1.29 is 18.0 Å². The molecule has 1 heterocycles. The zero-order chi connectivity index (χ0) is 15.8. The lowest BCUT2D eigenvalue weighted by Crippen LogP contribution is -2.17. The Morgan fingerprint density at radius 3 is 2.38 bits per heavy atom. The van der Waals surface area contributed by atoms with Crippen LogP contribution in [-0.2, 0) is 6.18 Å². The van der Waals surface area contributed by atoms with Crippen molar-refractivity contribution in [1.82, 2.24) is 9.78 Å². The van der Waals surface area contributed by atoms with Gasteiger partial charge in [0.15, 0.2) is 0 Å². The van der Waals surface area contributed by atoms with Crippen LogP contribution in [-0.4, -0.2) is 20.7 Å². The van der Waals surface area contributed by atoms with Gasteiger partial charge in [-0.3, -0.25) is 4.79 Å². The molecule has 1 aromatic carbocycles. The number of aromatic nitrogens is 2. The second kappa shape index (κ2) is 5.17. The molecule has 0 saturated carbocycles. The second-order valence-electron chi connectivity index (χ2n) is 4.10. The van der Waals surface area contributed by atoms with Crippen molar-refractivity contribution in [3.63, 3.8) is 0 Å². The summed E-state index contributed by atoms with van der Waals surface area (Å²) in [5.74, 6) is -0.752. The van der Waals surface area contributed by atoms with Gasteiger partial charge >= 0.3 is 6.18 Å². The maximum absolute atomic E-state index is 12.7. The predicted molar refractivity (Wildman–Crippen MR) is 73.0 cm³/mol. The molecule has 0 unspecified atom stereocenters. The van der Waals surface area contributed by atoms with Crippen molar-refractivity contribution in [2.45, 2.75) is 6.18 Å². The van der Waals surface area contributed by atoms with Crippen LogP contribution < -0.4 is 11.5 Å². The first-order valence-electron chi connectivity index (χ1n) is 5.57. The molecule has 5 nitrogen and oxygen atoms in total. The highest BCUT2D eigenvalue weighted by atomic mass is 32.1. The molecule has 9 heteroatoms. The fourth-order valence-corrected chi connectivity index (χ4v) is 1.86. The smallest absolute Gasteiger partial charge is 0.389 e. The summed E-state index contributed by atoms with van der Waals surface area (Å²) in [6.45, 7) is 0. The molecule has 0 aliphatic heterocycles. The first kappa shape index (κ1) is 15.0. The van der Waals surface area contributed by atoms with Gasteiger partial charge in [0.05, 0.1) is 11.3 Å². The molecule has 0 radical (unpaired) electrons. The Morgan fingerprint density at radius 1 is 1.24 bits per heavy atom. The quantitative estimate of drug-likeness (QED) is 0.843. The topological polar surface area (TPSA) is 86.9 Å². The molecule has 0 aliphatic rings. The van der Waals surface area contributed by atoms with Gasteiger partial charge in [-0.05, 0) is 24.3 Å². The number of nitrogens with zero attached hydrogens (tertiary/aromatic N) is 2. The van der Waals surface area contributed by atoms with Crippen molar-refractivity contribution in [3.05, 3.63) is 47.3 Å². The Balaban J connectivity index is 2.57. The van der Waals surface area contributed by atoms with E-state index in [2.05, 4.69) is 5.10 Å². The van der Waals surface area contributed by atoms with Crippen molar-refractivity contribution in [2.24, 2.45) is 11.5 Å². The van der Waals surface area contributed by atoms with E-state index in [1.165, 1.54) is 23.0 Å². The van der Waals surface area contributed by atoms with E-state index >= 15 is 0 Å². The van der Waals surface area contributed by atoms with Crippen LogP contribution in [0.3, 0.4) is 0 Å². The van der Waals surface area contributed by atoms with Gasteiger partial charge in [-0.2, -0.15) is 18.3 Å². The number of amides is 1. The number of carbonyl (C=O) groups is 1. The van der Waals surface area contributed by atoms with Crippen LogP contribution in [0.5, 0.6) is 0 Å². The molecular formula is C12H9F3N4OS. The van der Waals surface area contributed by atoms with E-state index in [4.69, 9.17) is 23.7 Å². The van der Waals surface area contributed by atoms with Gasteiger partial charge in [0, 0.05) is 11.8 Å². The van der Waals surface area contributed by atoms with Crippen molar-refractivity contribution in [2.75, 3.05) is 0 Å². The number of thiocarbonyl (C=S) groups is 1. The molecule has 2 aromatic rings. The molecule has 0 bridgehead atoms.